The van der Waals surface area contributed by atoms with E-state index in [-0.39, 0.29) is 0 Å². The summed E-state index contributed by atoms with van der Waals surface area (Å²) in [7, 11) is 2.18. The van der Waals surface area contributed by atoms with Crippen LogP contribution in [0.4, 0.5) is 0 Å². The summed E-state index contributed by atoms with van der Waals surface area (Å²) < 4.78 is 11.5. The van der Waals surface area contributed by atoms with Crippen molar-refractivity contribution in [2.24, 2.45) is 0 Å². The Morgan fingerprint density at radius 1 is 1.03 bits per heavy atom. The summed E-state index contributed by atoms with van der Waals surface area (Å²) in [6.45, 7) is 8.74. The molecular weight excluding hydrogens is 388 g/mol. The molecular formula is C26H32N2O3. The number of pyridine rings is 1. The SMILES string of the molecule is C=O.Cc1ccc(COc2ccccc2C=C2CCN(C)CC2)o1.Cc1ccncc1. The van der Waals surface area contributed by atoms with Crippen molar-refractivity contribution in [3.63, 3.8) is 0 Å². The average molecular weight is 421 g/mol. The molecule has 0 spiro atoms. The molecule has 0 N–H and O–H groups in total. The van der Waals surface area contributed by atoms with Gasteiger partial charge >= 0.3 is 0 Å². The molecule has 0 amide bonds. The van der Waals surface area contributed by atoms with Crippen molar-refractivity contribution in [1.29, 1.82) is 0 Å². The number of ether oxygens (including phenoxy) is 1. The summed E-state index contributed by atoms with van der Waals surface area (Å²) in [6.07, 6.45) is 8.14. The number of para-hydroxylation sites is 1. The Balaban J connectivity index is 0.000000319. The van der Waals surface area contributed by atoms with E-state index in [1.807, 2.05) is 57.0 Å². The zero-order valence-corrected chi connectivity index (χ0v) is 18.7. The Hall–Kier alpha value is -3.18. The fourth-order valence-electron chi connectivity index (χ4n) is 3.14. The maximum absolute atomic E-state index is 8.00. The lowest BCUT2D eigenvalue weighted by molar-refractivity contribution is -0.0979. The van der Waals surface area contributed by atoms with Crippen LogP contribution in [0.1, 0.15) is 35.5 Å². The van der Waals surface area contributed by atoms with Crippen LogP contribution in [0.5, 0.6) is 5.75 Å². The van der Waals surface area contributed by atoms with Crippen molar-refractivity contribution >= 4 is 12.9 Å². The molecule has 164 valence electrons. The van der Waals surface area contributed by atoms with Gasteiger partial charge in [-0.05, 0) is 69.6 Å². The smallest absolute Gasteiger partial charge is 0.146 e. The largest absolute Gasteiger partial charge is 0.485 e. The van der Waals surface area contributed by atoms with Gasteiger partial charge in [0.05, 0.1) is 0 Å². The van der Waals surface area contributed by atoms with Crippen LogP contribution in [-0.2, 0) is 11.4 Å². The molecule has 2 aromatic heterocycles. The van der Waals surface area contributed by atoms with E-state index in [9.17, 15) is 0 Å². The van der Waals surface area contributed by atoms with Gasteiger partial charge < -0.3 is 18.8 Å². The summed E-state index contributed by atoms with van der Waals surface area (Å²) in [5.41, 5.74) is 3.92. The summed E-state index contributed by atoms with van der Waals surface area (Å²) in [6, 6.07) is 16.1. The molecule has 5 heteroatoms. The van der Waals surface area contributed by atoms with E-state index in [0.717, 1.165) is 48.8 Å². The second-order valence-electron chi connectivity index (χ2n) is 7.47. The lowest BCUT2D eigenvalue weighted by Crippen LogP contribution is -2.26. The van der Waals surface area contributed by atoms with Crippen LogP contribution in [0.3, 0.4) is 0 Å². The summed E-state index contributed by atoms with van der Waals surface area (Å²) >= 11 is 0. The fourth-order valence-corrected chi connectivity index (χ4v) is 3.14. The standard InChI is InChI=1S/C19H23NO2.C6H7N.CH2O/c1-15-7-8-18(22-15)14-21-19-6-4-3-5-17(19)13-16-9-11-20(2)12-10-16;1-6-2-4-7-5-3-6;1-2/h3-8,13H,9-12,14H2,1-2H3;2-5H,1H3;1H2. The molecule has 3 aromatic rings. The third kappa shape index (κ3) is 8.60. The monoisotopic (exact) mass is 420 g/mol. The number of nitrogens with zero attached hydrogens (tertiary/aromatic N) is 2. The van der Waals surface area contributed by atoms with Crippen LogP contribution in [0.2, 0.25) is 0 Å². The zero-order chi connectivity index (χ0) is 22.5. The van der Waals surface area contributed by atoms with E-state index in [1.54, 1.807) is 12.4 Å². The van der Waals surface area contributed by atoms with Crippen molar-refractivity contribution in [3.05, 3.63) is 89.1 Å². The van der Waals surface area contributed by atoms with Gasteiger partial charge in [-0.2, -0.15) is 0 Å². The van der Waals surface area contributed by atoms with Gasteiger partial charge in [0.2, 0.25) is 0 Å². The maximum atomic E-state index is 8.00. The highest BCUT2D eigenvalue weighted by Crippen LogP contribution is 2.25. The predicted molar refractivity (Wildman–Crippen MR) is 125 cm³/mol. The number of likely N-dealkylation sites (tertiary alicyclic amines) is 1. The number of piperidine rings is 1. The number of hydrogen-bond acceptors (Lipinski definition) is 5. The molecule has 0 unspecified atom stereocenters. The van der Waals surface area contributed by atoms with E-state index in [1.165, 1.54) is 11.1 Å². The van der Waals surface area contributed by atoms with Gasteiger partial charge in [0.15, 0.2) is 0 Å². The highest BCUT2D eigenvalue weighted by atomic mass is 16.5. The summed E-state index contributed by atoms with van der Waals surface area (Å²) in [5, 5.41) is 0. The Bertz CT molecular complexity index is 925. The first kappa shape index (κ1) is 24.1. The van der Waals surface area contributed by atoms with Gasteiger partial charge in [-0.25, -0.2) is 0 Å². The Morgan fingerprint density at radius 3 is 2.29 bits per heavy atom. The number of rotatable bonds is 4. The van der Waals surface area contributed by atoms with Crippen LogP contribution in [-0.4, -0.2) is 36.8 Å². The summed E-state index contributed by atoms with van der Waals surface area (Å²) in [4.78, 5) is 14.2. The minimum Gasteiger partial charge on any atom is -0.485 e. The molecule has 0 radical (unpaired) electrons. The predicted octanol–water partition coefficient (Wildman–Crippen LogP) is 5.48. The first-order chi connectivity index (χ1) is 15.1. The van der Waals surface area contributed by atoms with Crippen molar-refractivity contribution in [2.45, 2.75) is 33.3 Å². The molecule has 1 fully saturated rings. The number of carbonyl (C=O) groups excluding carboxylic acids is 1. The second-order valence-corrected chi connectivity index (χ2v) is 7.47. The van der Waals surface area contributed by atoms with E-state index in [4.69, 9.17) is 13.9 Å². The first-order valence-electron chi connectivity index (χ1n) is 10.4. The summed E-state index contributed by atoms with van der Waals surface area (Å²) in [5.74, 6) is 2.70. The van der Waals surface area contributed by atoms with E-state index >= 15 is 0 Å². The molecule has 0 bridgehead atoms. The van der Waals surface area contributed by atoms with Crippen molar-refractivity contribution < 1.29 is 13.9 Å². The minimum absolute atomic E-state index is 0.469. The highest BCUT2D eigenvalue weighted by Gasteiger charge is 2.11. The molecule has 0 aliphatic carbocycles. The van der Waals surface area contributed by atoms with E-state index in [2.05, 4.69) is 35.1 Å². The Kier molecular flexibility index (Phi) is 10.3. The van der Waals surface area contributed by atoms with Crippen LogP contribution in [0.15, 0.2) is 70.9 Å². The van der Waals surface area contributed by atoms with Crippen molar-refractivity contribution in [2.75, 3.05) is 20.1 Å². The molecule has 31 heavy (non-hydrogen) atoms. The topological polar surface area (TPSA) is 55.6 Å². The van der Waals surface area contributed by atoms with Gasteiger partial charge in [0.25, 0.3) is 0 Å². The van der Waals surface area contributed by atoms with Crippen molar-refractivity contribution in [1.82, 2.24) is 9.88 Å². The molecule has 0 atom stereocenters. The Labute approximate surface area is 185 Å². The number of carbonyl (C=O) groups is 1. The third-order valence-corrected chi connectivity index (χ3v) is 4.92. The van der Waals surface area contributed by atoms with Gasteiger partial charge in [-0.15, -0.1) is 0 Å². The molecule has 1 aliphatic rings. The lowest BCUT2D eigenvalue weighted by atomic mass is 10.0. The average Bonchev–Trinajstić information content (AvgIpc) is 3.22. The molecule has 1 aromatic carbocycles. The molecule has 1 aliphatic heterocycles. The van der Waals surface area contributed by atoms with Gasteiger partial charge in [-0.1, -0.05) is 29.8 Å². The second kappa shape index (κ2) is 13.2. The fraction of sp³-hybridized carbons (Fsp3) is 0.308. The van der Waals surface area contributed by atoms with Crippen LogP contribution < -0.4 is 4.74 Å². The van der Waals surface area contributed by atoms with Crippen LogP contribution in [0.25, 0.3) is 6.08 Å². The molecule has 3 heterocycles. The Morgan fingerprint density at radius 2 is 1.71 bits per heavy atom. The maximum Gasteiger partial charge on any atom is 0.146 e. The van der Waals surface area contributed by atoms with E-state index < -0.39 is 0 Å². The molecule has 4 rings (SSSR count). The highest BCUT2D eigenvalue weighted by molar-refractivity contribution is 5.60. The zero-order valence-electron chi connectivity index (χ0n) is 18.7. The third-order valence-electron chi connectivity index (χ3n) is 4.92. The minimum atomic E-state index is 0.469. The first-order valence-corrected chi connectivity index (χ1v) is 10.4. The lowest BCUT2D eigenvalue weighted by Gasteiger charge is -2.24. The van der Waals surface area contributed by atoms with Gasteiger partial charge in [0.1, 0.15) is 30.7 Å². The number of aromatic nitrogens is 1. The number of hydrogen-bond donors (Lipinski definition) is 0. The number of benzene rings is 1. The quantitative estimate of drug-likeness (QED) is 0.559. The normalized spacial score (nSPS) is 13.3. The van der Waals surface area contributed by atoms with Crippen LogP contribution in [0, 0.1) is 13.8 Å². The van der Waals surface area contributed by atoms with Crippen LogP contribution >= 0.6 is 0 Å². The van der Waals surface area contributed by atoms with E-state index in [0.29, 0.717) is 6.61 Å². The molecule has 1 saturated heterocycles. The number of furan rings is 1. The van der Waals surface area contributed by atoms with Gasteiger partial charge in [0, 0.05) is 31.0 Å². The molecule has 5 nitrogen and oxygen atoms in total. The number of aryl methyl sites for hydroxylation is 2. The van der Waals surface area contributed by atoms with Gasteiger partial charge in [-0.3, -0.25) is 4.98 Å². The molecule has 0 saturated carbocycles. The van der Waals surface area contributed by atoms with Crippen molar-refractivity contribution in [3.8, 4) is 5.75 Å².